The van der Waals surface area contributed by atoms with Gasteiger partial charge in [0.05, 0.1) is 23.2 Å². The van der Waals surface area contributed by atoms with Crippen LogP contribution in [-0.4, -0.2) is 34.0 Å². The van der Waals surface area contributed by atoms with Crippen molar-refractivity contribution >= 4 is 53.0 Å². The van der Waals surface area contributed by atoms with Gasteiger partial charge in [-0.1, -0.05) is 60.7 Å². The Morgan fingerprint density at radius 3 is 1.90 bits per heavy atom. The van der Waals surface area contributed by atoms with Crippen molar-refractivity contribution in [3.05, 3.63) is 125 Å². The van der Waals surface area contributed by atoms with Gasteiger partial charge in [-0.05, 0) is 65.2 Å². The Morgan fingerprint density at radius 2 is 1.32 bits per heavy atom. The standard InChI is InChI=1S/C32H26N2O6/c1-21(35)34(27-16-12-25(13-17-27)31(37)38)26-14-9-24(10-15-26)20-30(36)33-29-18-11-23(19-28(29)32(39)40)8-7-22-5-3-2-4-6-22/h2-19H,20H2,1H3,(H,33,36)(H,37,38)(H,39,40). The second-order valence-corrected chi connectivity index (χ2v) is 8.95. The number of nitrogens with zero attached hydrogens (tertiary/aromatic N) is 1. The molecule has 3 N–H and O–H groups in total. The van der Waals surface area contributed by atoms with E-state index in [2.05, 4.69) is 5.32 Å². The largest absolute Gasteiger partial charge is 0.478 e. The molecule has 0 fully saturated rings. The molecule has 8 nitrogen and oxygen atoms in total. The van der Waals surface area contributed by atoms with Gasteiger partial charge in [-0.25, -0.2) is 9.59 Å². The van der Waals surface area contributed by atoms with Gasteiger partial charge in [0.15, 0.2) is 0 Å². The minimum Gasteiger partial charge on any atom is -0.478 e. The summed E-state index contributed by atoms with van der Waals surface area (Å²) >= 11 is 0. The number of anilines is 3. The van der Waals surface area contributed by atoms with Gasteiger partial charge in [0.25, 0.3) is 0 Å². The zero-order valence-electron chi connectivity index (χ0n) is 21.6. The molecule has 4 rings (SSSR count). The first-order chi connectivity index (χ1) is 19.2. The third-order valence-corrected chi connectivity index (χ3v) is 6.06. The fourth-order valence-corrected chi connectivity index (χ4v) is 4.12. The summed E-state index contributed by atoms with van der Waals surface area (Å²) in [4.78, 5) is 49.5. The molecular weight excluding hydrogens is 508 g/mol. The van der Waals surface area contributed by atoms with Crippen molar-refractivity contribution in [2.45, 2.75) is 13.3 Å². The van der Waals surface area contributed by atoms with Gasteiger partial charge in [0, 0.05) is 18.3 Å². The van der Waals surface area contributed by atoms with Crippen molar-refractivity contribution in [3.8, 4) is 0 Å². The number of hydrogen-bond acceptors (Lipinski definition) is 4. The minimum atomic E-state index is -1.16. The van der Waals surface area contributed by atoms with Gasteiger partial charge in [0.1, 0.15) is 0 Å². The Bertz CT molecular complexity index is 1580. The summed E-state index contributed by atoms with van der Waals surface area (Å²) in [5, 5.41) is 21.5. The molecule has 40 heavy (non-hydrogen) atoms. The molecule has 4 aromatic rings. The van der Waals surface area contributed by atoms with E-state index in [9.17, 15) is 24.3 Å². The van der Waals surface area contributed by atoms with Crippen LogP contribution in [0.25, 0.3) is 12.2 Å². The van der Waals surface area contributed by atoms with Gasteiger partial charge < -0.3 is 15.5 Å². The van der Waals surface area contributed by atoms with Crippen LogP contribution in [-0.2, 0) is 16.0 Å². The molecule has 0 heterocycles. The third kappa shape index (κ3) is 6.87. The van der Waals surface area contributed by atoms with Crippen molar-refractivity contribution in [2.24, 2.45) is 0 Å². The van der Waals surface area contributed by atoms with Crippen molar-refractivity contribution in [1.29, 1.82) is 0 Å². The molecule has 0 aromatic heterocycles. The van der Waals surface area contributed by atoms with Crippen LogP contribution in [0.3, 0.4) is 0 Å². The average Bonchev–Trinajstić information content (AvgIpc) is 2.94. The molecule has 0 saturated heterocycles. The van der Waals surface area contributed by atoms with Crippen LogP contribution in [0, 0.1) is 0 Å². The number of rotatable bonds is 9. The number of carbonyl (C=O) groups excluding carboxylic acids is 2. The molecule has 0 aliphatic carbocycles. The lowest BCUT2D eigenvalue weighted by Gasteiger charge is -2.22. The lowest BCUT2D eigenvalue weighted by atomic mass is 10.1. The Morgan fingerprint density at radius 1 is 0.725 bits per heavy atom. The molecule has 4 aromatic carbocycles. The van der Waals surface area contributed by atoms with Crippen LogP contribution in [0.1, 0.15) is 44.3 Å². The normalized spacial score (nSPS) is 10.7. The van der Waals surface area contributed by atoms with Gasteiger partial charge >= 0.3 is 11.9 Å². The third-order valence-electron chi connectivity index (χ3n) is 6.06. The molecule has 8 heteroatoms. The summed E-state index contributed by atoms with van der Waals surface area (Å²) in [6, 6.07) is 27.1. The van der Waals surface area contributed by atoms with Gasteiger partial charge in [-0.3, -0.25) is 14.5 Å². The van der Waals surface area contributed by atoms with E-state index in [1.165, 1.54) is 30.0 Å². The van der Waals surface area contributed by atoms with Crippen molar-refractivity contribution in [1.82, 2.24) is 0 Å². The molecule has 2 amide bonds. The van der Waals surface area contributed by atoms with E-state index in [-0.39, 0.29) is 29.1 Å². The van der Waals surface area contributed by atoms with Crippen molar-refractivity contribution < 1.29 is 29.4 Å². The zero-order valence-corrected chi connectivity index (χ0v) is 21.6. The first-order valence-corrected chi connectivity index (χ1v) is 12.3. The molecule has 0 spiro atoms. The molecule has 200 valence electrons. The van der Waals surface area contributed by atoms with Crippen LogP contribution in [0.15, 0.2) is 97.1 Å². The van der Waals surface area contributed by atoms with E-state index in [4.69, 9.17) is 5.11 Å². The number of carbonyl (C=O) groups is 4. The maximum atomic E-state index is 12.8. The fraction of sp³-hybridized carbons (Fsp3) is 0.0625. The number of carboxylic acids is 2. The number of amides is 2. The second-order valence-electron chi connectivity index (χ2n) is 8.95. The van der Waals surface area contributed by atoms with E-state index in [0.717, 1.165) is 5.56 Å². The smallest absolute Gasteiger partial charge is 0.337 e. The highest BCUT2D eigenvalue weighted by Gasteiger charge is 2.16. The van der Waals surface area contributed by atoms with Crippen LogP contribution in [0.4, 0.5) is 17.1 Å². The Kier molecular flexibility index (Phi) is 8.51. The molecule has 0 radical (unpaired) electrons. The van der Waals surface area contributed by atoms with Crippen LogP contribution < -0.4 is 10.2 Å². The first kappa shape index (κ1) is 27.5. The highest BCUT2D eigenvalue weighted by Crippen LogP contribution is 2.27. The highest BCUT2D eigenvalue weighted by molar-refractivity contribution is 6.02. The van der Waals surface area contributed by atoms with Gasteiger partial charge in [-0.2, -0.15) is 0 Å². The van der Waals surface area contributed by atoms with E-state index >= 15 is 0 Å². The molecule has 0 aliphatic heterocycles. The summed E-state index contributed by atoms with van der Waals surface area (Å²) in [5.41, 5.74) is 3.65. The lowest BCUT2D eigenvalue weighted by Crippen LogP contribution is -2.23. The number of benzene rings is 4. The Labute approximate surface area is 230 Å². The van der Waals surface area contributed by atoms with Crippen LogP contribution in [0.2, 0.25) is 0 Å². The topological polar surface area (TPSA) is 124 Å². The lowest BCUT2D eigenvalue weighted by molar-refractivity contribution is -0.116. The van der Waals surface area contributed by atoms with E-state index < -0.39 is 17.8 Å². The predicted octanol–water partition coefficient (Wildman–Crippen LogP) is 6.12. The van der Waals surface area contributed by atoms with E-state index in [0.29, 0.717) is 22.5 Å². The highest BCUT2D eigenvalue weighted by atomic mass is 16.4. The SMILES string of the molecule is CC(=O)N(c1ccc(CC(=O)Nc2ccc(C=Cc3ccccc3)cc2C(=O)O)cc1)c1ccc(C(=O)O)cc1. The molecule has 0 bridgehead atoms. The summed E-state index contributed by atoms with van der Waals surface area (Å²) in [6.45, 7) is 1.40. The summed E-state index contributed by atoms with van der Waals surface area (Å²) in [7, 11) is 0. The monoisotopic (exact) mass is 534 g/mol. The van der Waals surface area contributed by atoms with E-state index in [1.54, 1.807) is 54.6 Å². The predicted molar refractivity (Wildman–Crippen MR) is 154 cm³/mol. The number of hydrogen-bond donors (Lipinski definition) is 3. The van der Waals surface area contributed by atoms with Crippen molar-refractivity contribution in [3.63, 3.8) is 0 Å². The molecule has 0 saturated carbocycles. The fourth-order valence-electron chi connectivity index (χ4n) is 4.12. The van der Waals surface area contributed by atoms with Crippen LogP contribution in [0.5, 0.6) is 0 Å². The van der Waals surface area contributed by atoms with E-state index in [1.807, 2.05) is 36.4 Å². The maximum absolute atomic E-state index is 12.8. The van der Waals surface area contributed by atoms with Gasteiger partial charge in [0.2, 0.25) is 11.8 Å². The summed E-state index contributed by atoms with van der Waals surface area (Å²) < 4.78 is 0. The molecule has 0 unspecified atom stereocenters. The number of aromatic carboxylic acids is 2. The summed E-state index contributed by atoms with van der Waals surface area (Å²) in [5.74, 6) is -2.88. The minimum absolute atomic E-state index is 0.0115. The first-order valence-electron chi connectivity index (χ1n) is 12.3. The second kappa shape index (κ2) is 12.4. The maximum Gasteiger partial charge on any atom is 0.337 e. The molecule has 0 aliphatic rings. The summed E-state index contributed by atoms with van der Waals surface area (Å²) in [6.07, 6.45) is 3.67. The zero-order chi connectivity index (χ0) is 28.6. The van der Waals surface area contributed by atoms with Crippen molar-refractivity contribution in [2.75, 3.05) is 10.2 Å². The Balaban J connectivity index is 1.45. The molecule has 0 atom stereocenters. The van der Waals surface area contributed by atoms with Crippen LogP contribution >= 0.6 is 0 Å². The molecular formula is C32H26N2O6. The average molecular weight is 535 g/mol. The number of carboxylic acid groups (broad SMARTS) is 2. The van der Waals surface area contributed by atoms with Gasteiger partial charge in [-0.15, -0.1) is 0 Å². The quantitative estimate of drug-likeness (QED) is 0.222. The number of nitrogens with one attached hydrogen (secondary N) is 1. The Hall–Kier alpha value is -5.50.